The Balaban J connectivity index is 1.48. The van der Waals surface area contributed by atoms with Gasteiger partial charge in [-0.3, -0.25) is 14.8 Å². The average Bonchev–Trinajstić information content (AvgIpc) is 2.75. The van der Waals surface area contributed by atoms with Gasteiger partial charge in [0.25, 0.3) is 5.91 Å². The van der Waals surface area contributed by atoms with Crippen molar-refractivity contribution in [2.24, 2.45) is 0 Å². The number of piperidine rings is 1. The molecule has 1 saturated heterocycles. The molecule has 1 atom stereocenters. The molecule has 3 heterocycles. The maximum Gasteiger partial charge on any atom is 0.272 e. The minimum Gasteiger partial charge on any atom is -0.437 e. The van der Waals surface area contributed by atoms with Crippen molar-refractivity contribution in [1.82, 2.24) is 19.9 Å². The number of para-hydroxylation sites is 1. The van der Waals surface area contributed by atoms with Crippen molar-refractivity contribution < 1.29 is 9.53 Å². The van der Waals surface area contributed by atoms with Crippen molar-refractivity contribution in [2.45, 2.75) is 18.8 Å². The van der Waals surface area contributed by atoms with E-state index in [-0.39, 0.29) is 11.8 Å². The second-order valence-electron chi connectivity index (χ2n) is 6.50. The minimum absolute atomic E-state index is 0.0371. The molecule has 136 valence electrons. The molecule has 27 heavy (non-hydrogen) atoms. The summed E-state index contributed by atoms with van der Waals surface area (Å²) in [4.78, 5) is 27.6. The molecule has 0 saturated carbocycles. The molecule has 2 aromatic heterocycles. The zero-order valence-electron chi connectivity index (χ0n) is 14.9. The molecule has 0 spiro atoms. The molecule has 0 unspecified atom stereocenters. The lowest BCUT2D eigenvalue weighted by molar-refractivity contribution is 0.0699. The molecule has 1 fully saturated rings. The van der Waals surface area contributed by atoms with Crippen molar-refractivity contribution in [1.29, 1.82) is 0 Å². The molecule has 6 nitrogen and oxygen atoms in total. The van der Waals surface area contributed by atoms with Gasteiger partial charge < -0.3 is 9.64 Å². The van der Waals surface area contributed by atoms with Crippen LogP contribution in [0, 0.1) is 0 Å². The average molecular weight is 360 g/mol. The number of carbonyl (C=O) groups is 1. The Morgan fingerprint density at radius 2 is 1.93 bits per heavy atom. The Bertz CT molecular complexity index is 902. The Labute approximate surface area is 157 Å². The largest absolute Gasteiger partial charge is 0.437 e. The standard InChI is InChI=1S/C21H20N4O2/c26-21(18-10-4-5-11-23-18)25-12-6-7-16(15-25)19-13-22-14-20(24-19)27-17-8-2-1-3-9-17/h1-5,8-11,13-14,16H,6-7,12,15H2/t16-/m1/s1. The zero-order valence-corrected chi connectivity index (χ0v) is 14.9. The van der Waals surface area contributed by atoms with Crippen LogP contribution in [-0.4, -0.2) is 38.8 Å². The number of hydrogen-bond acceptors (Lipinski definition) is 5. The first kappa shape index (κ1) is 17.1. The van der Waals surface area contributed by atoms with Crippen LogP contribution in [0.1, 0.15) is 34.9 Å². The number of amides is 1. The van der Waals surface area contributed by atoms with E-state index < -0.39 is 0 Å². The van der Waals surface area contributed by atoms with Gasteiger partial charge in [-0.15, -0.1) is 0 Å². The normalized spacial score (nSPS) is 16.7. The summed E-state index contributed by atoms with van der Waals surface area (Å²) >= 11 is 0. The van der Waals surface area contributed by atoms with Crippen LogP contribution in [0.25, 0.3) is 0 Å². The molecule has 0 radical (unpaired) electrons. The van der Waals surface area contributed by atoms with Gasteiger partial charge in [-0.25, -0.2) is 4.98 Å². The summed E-state index contributed by atoms with van der Waals surface area (Å²) in [5, 5.41) is 0. The Kier molecular flexibility index (Phi) is 5.05. The van der Waals surface area contributed by atoms with Crippen molar-refractivity contribution in [2.75, 3.05) is 13.1 Å². The molecular formula is C21H20N4O2. The van der Waals surface area contributed by atoms with E-state index in [2.05, 4.69) is 15.0 Å². The molecule has 3 aromatic rings. The number of benzene rings is 1. The van der Waals surface area contributed by atoms with E-state index in [1.165, 1.54) is 0 Å². The van der Waals surface area contributed by atoms with Crippen LogP contribution in [0.3, 0.4) is 0 Å². The van der Waals surface area contributed by atoms with Gasteiger partial charge in [0.1, 0.15) is 11.4 Å². The van der Waals surface area contributed by atoms with Gasteiger partial charge in [-0.1, -0.05) is 24.3 Å². The summed E-state index contributed by atoms with van der Waals surface area (Å²) < 4.78 is 5.79. The summed E-state index contributed by atoms with van der Waals surface area (Å²) in [6.07, 6.45) is 6.90. The molecule has 0 bridgehead atoms. The Hall–Kier alpha value is -3.28. The fraction of sp³-hybridized carbons (Fsp3) is 0.238. The van der Waals surface area contributed by atoms with Crippen LogP contribution in [-0.2, 0) is 0 Å². The highest BCUT2D eigenvalue weighted by molar-refractivity contribution is 5.92. The number of ether oxygens (including phenoxy) is 1. The van der Waals surface area contributed by atoms with E-state index >= 15 is 0 Å². The van der Waals surface area contributed by atoms with E-state index in [1.807, 2.05) is 47.4 Å². The molecule has 0 aliphatic carbocycles. The highest BCUT2D eigenvalue weighted by Crippen LogP contribution is 2.28. The molecule has 1 aliphatic rings. The first-order valence-electron chi connectivity index (χ1n) is 9.05. The van der Waals surface area contributed by atoms with Crippen LogP contribution in [0.2, 0.25) is 0 Å². The third-order valence-corrected chi connectivity index (χ3v) is 4.61. The highest BCUT2D eigenvalue weighted by Gasteiger charge is 2.27. The van der Waals surface area contributed by atoms with Gasteiger partial charge in [-0.2, -0.15) is 0 Å². The molecule has 1 aliphatic heterocycles. The minimum atomic E-state index is -0.0371. The first-order chi connectivity index (χ1) is 13.3. The van der Waals surface area contributed by atoms with Crippen LogP contribution in [0.15, 0.2) is 67.1 Å². The molecule has 4 rings (SSSR count). The number of nitrogens with zero attached hydrogens (tertiary/aromatic N) is 4. The Morgan fingerprint density at radius 3 is 2.74 bits per heavy atom. The van der Waals surface area contributed by atoms with Crippen LogP contribution < -0.4 is 4.74 Å². The molecule has 0 N–H and O–H groups in total. The number of likely N-dealkylation sites (tertiary alicyclic amines) is 1. The van der Waals surface area contributed by atoms with Crippen molar-refractivity contribution in [3.63, 3.8) is 0 Å². The maximum absolute atomic E-state index is 12.7. The van der Waals surface area contributed by atoms with Gasteiger partial charge in [0, 0.05) is 31.4 Å². The predicted octanol–water partition coefficient (Wildman–Crippen LogP) is 3.68. The van der Waals surface area contributed by atoms with Crippen LogP contribution in [0.4, 0.5) is 0 Å². The smallest absolute Gasteiger partial charge is 0.272 e. The van der Waals surface area contributed by atoms with E-state index in [0.717, 1.165) is 30.8 Å². The number of hydrogen-bond donors (Lipinski definition) is 0. The molecule has 1 amide bonds. The molecule has 6 heteroatoms. The van der Waals surface area contributed by atoms with Gasteiger partial charge in [0.15, 0.2) is 0 Å². The third kappa shape index (κ3) is 4.11. The predicted molar refractivity (Wildman–Crippen MR) is 101 cm³/mol. The van der Waals surface area contributed by atoms with E-state index in [9.17, 15) is 4.79 Å². The summed E-state index contributed by atoms with van der Waals surface area (Å²) in [5.74, 6) is 1.29. The van der Waals surface area contributed by atoms with Gasteiger partial charge in [0.2, 0.25) is 5.88 Å². The topological polar surface area (TPSA) is 68.2 Å². The summed E-state index contributed by atoms with van der Waals surface area (Å²) in [5.41, 5.74) is 1.33. The first-order valence-corrected chi connectivity index (χ1v) is 9.05. The van der Waals surface area contributed by atoms with Crippen molar-refractivity contribution in [3.05, 3.63) is 78.5 Å². The van der Waals surface area contributed by atoms with Crippen LogP contribution >= 0.6 is 0 Å². The lowest BCUT2D eigenvalue weighted by Crippen LogP contribution is -2.39. The zero-order chi connectivity index (χ0) is 18.5. The lowest BCUT2D eigenvalue weighted by atomic mass is 9.95. The monoisotopic (exact) mass is 360 g/mol. The molecule has 1 aromatic carbocycles. The fourth-order valence-corrected chi connectivity index (χ4v) is 3.27. The number of carbonyl (C=O) groups excluding carboxylic acids is 1. The lowest BCUT2D eigenvalue weighted by Gasteiger charge is -2.32. The van der Waals surface area contributed by atoms with E-state index in [4.69, 9.17) is 4.74 Å². The summed E-state index contributed by atoms with van der Waals surface area (Å²) in [6, 6.07) is 14.9. The summed E-state index contributed by atoms with van der Waals surface area (Å²) in [6.45, 7) is 1.35. The van der Waals surface area contributed by atoms with E-state index in [0.29, 0.717) is 18.1 Å². The third-order valence-electron chi connectivity index (χ3n) is 4.61. The second kappa shape index (κ2) is 7.95. The molecular weight excluding hydrogens is 340 g/mol. The number of rotatable bonds is 4. The van der Waals surface area contributed by atoms with Crippen molar-refractivity contribution >= 4 is 5.91 Å². The maximum atomic E-state index is 12.7. The highest BCUT2D eigenvalue weighted by atomic mass is 16.5. The number of pyridine rings is 1. The second-order valence-corrected chi connectivity index (χ2v) is 6.50. The SMILES string of the molecule is O=C(c1ccccn1)N1CCC[C@@H](c2cncc(Oc3ccccc3)n2)C1. The van der Waals surface area contributed by atoms with E-state index in [1.54, 1.807) is 24.7 Å². The van der Waals surface area contributed by atoms with Crippen molar-refractivity contribution in [3.8, 4) is 11.6 Å². The quantitative estimate of drug-likeness (QED) is 0.710. The van der Waals surface area contributed by atoms with Gasteiger partial charge in [-0.05, 0) is 37.1 Å². The number of aromatic nitrogens is 3. The van der Waals surface area contributed by atoms with Crippen LogP contribution in [0.5, 0.6) is 11.6 Å². The Morgan fingerprint density at radius 1 is 1.07 bits per heavy atom. The van der Waals surface area contributed by atoms with Gasteiger partial charge >= 0.3 is 0 Å². The fourth-order valence-electron chi connectivity index (χ4n) is 3.27. The summed E-state index contributed by atoms with van der Waals surface area (Å²) in [7, 11) is 0. The van der Waals surface area contributed by atoms with Gasteiger partial charge in [0.05, 0.1) is 11.9 Å².